The topological polar surface area (TPSA) is 156 Å². The monoisotopic (exact) mass is 427 g/mol. The Kier molecular flexibility index (Phi) is 5.95. The summed E-state index contributed by atoms with van der Waals surface area (Å²) in [6.07, 6.45) is 0.0755. The van der Waals surface area contributed by atoms with E-state index in [2.05, 4.69) is 10.1 Å². The number of ether oxygens (including phenoxy) is 1. The van der Waals surface area contributed by atoms with Gasteiger partial charge in [-0.3, -0.25) is 29.4 Å². The van der Waals surface area contributed by atoms with Crippen molar-refractivity contribution in [3.63, 3.8) is 0 Å². The summed E-state index contributed by atoms with van der Waals surface area (Å²) in [4.78, 5) is 59.5. The van der Waals surface area contributed by atoms with Gasteiger partial charge in [0.25, 0.3) is 17.5 Å². The van der Waals surface area contributed by atoms with Crippen LogP contribution in [0.25, 0.3) is 0 Å². The van der Waals surface area contributed by atoms with E-state index in [-0.39, 0.29) is 53.2 Å². The highest BCUT2D eigenvalue weighted by molar-refractivity contribution is 6.21. The maximum absolute atomic E-state index is 12.4. The van der Waals surface area contributed by atoms with Gasteiger partial charge in [-0.2, -0.15) is 0 Å². The van der Waals surface area contributed by atoms with Gasteiger partial charge in [-0.05, 0) is 30.7 Å². The molecule has 0 aromatic heterocycles. The molecule has 1 heterocycles. The number of amides is 3. The van der Waals surface area contributed by atoms with Gasteiger partial charge in [-0.1, -0.05) is 0 Å². The molecule has 2 aromatic carbocycles. The standard InChI is InChI=1S/C20H17N3O8/c1-31-20(28)11-4-7-15(16(24)9-11)21-17(25)3-2-8-22-18(26)13-6-5-12(23(29)30)10-14(13)19(22)27/h4-7,9-10,24H,2-3,8H2,1H3,(H,21,25). The maximum atomic E-state index is 12.4. The second kappa shape index (κ2) is 8.61. The number of nitro benzene ring substituents is 1. The van der Waals surface area contributed by atoms with Crippen LogP contribution in [0.4, 0.5) is 11.4 Å². The summed E-state index contributed by atoms with van der Waals surface area (Å²) >= 11 is 0. The molecule has 160 valence electrons. The smallest absolute Gasteiger partial charge is 0.337 e. The number of nitrogens with zero attached hydrogens (tertiary/aromatic N) is 2. The minimum absolute atomic E-state index is 0.0423. The number of esters is 1. The van der Waals surface area contributed by atoms with E-state index in [0.29, 0.717) is 0 Å². The minimum atomic E-state index is -0.655. The van der Waals surface area contributed by atoms with Crippen molar-refractivity contribution in [3.05, 3.63) is 63.2 Å². The third-order valence-electron chi connectivity index (χ3n) is 4.64. The summed E-state index contributed by atoms with van der Waals surface area (Å²) in [5.74, 6) is -2.67. The van der Waals surface area contributed by atoms with Crippen molar-refractivity contribution in [3.8, 4) is 5.75 Å². The largest absolute Gasteiger partial charge is 0.506 e. The first-order chi connectivity index (χ1) is 14.7. The number of imide groups is 1. The average Bonchev–Trinajstić information content (AvgIpc) is 2.98. The van der Waals surface area contributed by atoms with Crippen LogP contribution in [0.15, 0.2) is 36.4 Å². The van der Waals surface area contributed by atoms with Gasteiger partial charge in [0, 0.05) is 25.1 Å². The van der Waals surface area contributed by atoms with Crippen LogP contribution in [0.3, 0.4) is 0 Å². The Bertz CT molecular complexity index is 1110. The molecule has 2 N–H and O–H groups in total. The maximum Gasteiger partial charge on any atom is 0.337 e. The third kappa shape index (κ3) is 4.34. The van der Waals surface area contributed by atoms with E-state index in [0.717, 1.165) is 23.1 Å². The minimum Gasteiger partial charge on any atom is -0.506 e. The van der Waals surface area contributed by atoms with Crippen LogP contribution in [0, 0.1) is 10.1 Å². The normalized spacial score (nSPS) is 12.5. The highest BCUT2D eigenvalue weighted by Crippen LogP contribution is 2.27. The molecule has 1 aliphatic rings. The Hall–Kier alpha value is -4.28. The lowest BCUT2D eigenvalue weighted by molar-refractivity contribution is -0.384. The van der Waals surface area contributed by atoms with Gasteiger partial charge in [-0.15, -0.1) is 0 Å². The molecule has 31 heavy (non-hydrogen) atoms. The van der Waals surface area contributed by atoms with Gasteiger partial charge in [-0.25, -0.2) is 4.79 Å². The first kappa shape index (κ1) is 21.4. The highest BCUT2D eigenvalue weighted by Gasteiger charge is 2.36. The molecule has 0 fully saturated rings. The van der Waals surface area contributed by atoms with Crippen LogP contribution in [0.2, 0.25) is 0 Å². The lowest BCUT2D eigenvalue weighted by Crippen LogP contribution is -2.31. The molecular weight excluding hydrogens is 410 g/mol. The Balaban J connectivity index is 1.57. The summed E-state index contributed by atoms with van der Waals surface area (Å²) in [6.45, 7) is -0.0547. The Morgan fingerprint density at radius 3 is 2.48 bits per heavy atom. The summed E-state index contributed by atoms with van der Waals surface area (Å²) in [5, 5.41) is 23.3. The van der Waals surface area contributed by atoms with E-state index >= 15 is 0 Å². The highest BCUT2D eigenvalue weighted by atomic mass is 16.6. The van der Waals surface area contributed by atoms with Gasteiger partial charge >= 0.3 is 5.97 Å². The van der Waals surface area contributed by atoms with Crippen molar-refractivity contribution < 1.29 is 33.9 Å². The van der Waals surface area contributed by atoms with Crippen molar-refractivity contribution in [2.75, 3.05) is 19.0 Å². The molecule has 0 atom stereocenters. The number of rotatable bonds is 7. The van der Waals surface area contributed by atoms with Gasteiger partial charge in [0.05, 0.1) is 34.4 Å². The first-order valence-corrected chi connectivity index (χ1v) is 9.08. The zero-order valence-electron chi connectivity index (χ0n) is 16.3. The molecule has 0 unspecified atom stereocenters. The van der Waals surface area contributed by atoms with Crippen LogP contribution >= 0.6 is 0 Å². The second-order valence-electron chi connectivity index (χ2n) is 6.62. The van der Waals surface area contributed by atoms with Crippen LogP contribution in [-0.2, 0) is 9.53 Å². The van der Waals surface area contributed by atoms with Gasteiger partial charge in [0.15, 0.2) is 0 Å². The van der Waals surface area contributed by atoms with E-state index < -0.39 is 28.6 Å². The lowest BCUT2D eigenvalue weighted by Gasteiger charge is -2.13. The zero-order chi connectivity index (χ0) is 22.7. The number of nitrogens with one attached hydrogen (secondary N) is 1. The fourth-order valence-electron chi connectivity index (χ4n) is 3.09. The quantitative estimate of drug-likeness (QED) is 0.224. The molecule has 0 aliphatic carbocycles. The second-order valence-corrected chi connectivity index (χ2v) is 6.62. The molecule has 3 amide bonds. The van der Waals surface area contributed by atoms with Crippen LogP contribution in [0.5, 0.6) is 5.75 Å². The molecule has 0 radical (unpaired) electrons. The Morgan fingerprint density at radius 1 is 1.13 bits per heavy atom. The summed E-state index contributed by atoms with van der Waals surface area (Å²) in [7, 11) is 1.20. The van der Waals surface area contributed by atoms with Crippen molar-refractivity contribution in [1.82, 2.24) is 4.90 Å². The molecular formula is C20H17N3O8. The number of methoxy groups -OCH3 is 1. The van der Waals surface area contributed by atoms with Crippen molar-refractivity contribution in [2.45, 2.75) is 12.8 Å². The molecule has 0 saturated carbocycles. The molecule has 0 spiro atoms. The lowest BCUT2D eigenvalue weighted by atomic mass is 10.1. The predicted octanol–water partition coefficient (Wildman–Crippen LogP) is 2.10. The van der Waals surface area contributed by atoms with E-state index in [1.165, 1.54) is 25.3 Å². The molecule has 11 nitrogen and oxygen atoms in total. The number of phenolic OH excluding ortho intramolecular Hbond substituents is 1. The number of hydrogen-bond acceptors (Lipinski definition) is 8. The van der Waals surface area contributed by atoms with Crippen LogP contribution < -0.4 is 5.32 Å². The number of carbonyl (C=O) groups excluding carboxylic acids is 4. The molecule has 0 bridgehead atoms. The van der Waals surface area contributed by atoms with E-state index in [1.54, 1.807) is 0 Å². The zero-order valence-corrected chi connectivity index (χ0v) is 16.3. The van der Waals surface area contributed by atoms with Crippen molar-refractivity contribution in [1.29, 1.82) is 0 Å². The number of anilines is 1. The van der Waals surface area contributed by atoms with E-state index in [1.807, 2.05) is 0 Å². The fourth-order valence-corrected chi connectivity index (χ4v) is 3.09. The van der Waals surface area contributed by atoms with Gasteiger partial charge < -0.3 is 15.2 Å². The number of benzene rings is 2. The summed E-state index contributed by atoms with van der Waals surface area (Å²) in [5.41, 5.74) is -0.0522. The van der Waals surface area contributed by atoms with Crippen LogP contribution in [0.1, 0.15) is 43.9 Å². The molecule has 1 aliphatic heterocycles. The number of carbonyl (C=O) groups is 4. The summed E-state index contributed by atoms with van der Waals surface area (Å²) in [6, 6.07) is 7.32. The predicted molar refractivity (Wildman–Crippen MR) is 106 cm³/mol. The number of hydrogen-bond donors (Lipinski definition) is 2. The van der Waals surface area contributed by atoms with Gasteiger partial charge in [0.1, 0.15) is 5.75 Å². The third-order valence-corrected chi connectivity index (χ3v) is 4.64. The fraction of sp³-hybridized carbons (Fsp3) is 0.200. The van der Waals surface area contributed by atoms with Crippen molar-refractivity contribution in [2.24, 2.45) is 0 Å². The molecule has 11 heteroatoms. The molecule has 3 rings (SSSR count). The average molecular weight is 427 g/mol. The van der Waals surface area contributed by atoms with Gasteiger partial charge in [0.2, 0.25) is 5.91 Å². The number of fused-ring (bicyclic) bond motifs is 1. The Labute approximate surface area is 175 Å². The molecule has 0 saturated heterocycles. The number of aromatic hydroxyl groups is 1. The molecule has 2 aromatic rings. The number of nitro groups is 1. The summed E-state index contributed by atoms with van der Waals surface area (Å²) < 4.78 is 4.54. The van der Waals surface area contributed by atoms with Crippen molar-refractivity contribution >= 4 is 35.1 Å². The SMILES string of the molecule is COC(=O)c1ccc(NC(=O)CCCN2C(=O)c3ccc([N+](=O)[O-])cc3C2=O)c(O)c1. The van der Waals surface area contributed by atoms with Crippen LogP contribution in [-0.4, -0.2) is 52.3 Å². The number of phenols is 1. The Morgan fingerprint density at radius 2 is 1.84 bits per heavy atom. The first-order valence-electron chi connectivity index (χ1n) is 9.08. The van der Waals surface area contributed by atoms with E-state index in [4.69, 9.17) is 0 Å². The number of non-ortho nitro benzene ring substituents is 1. The van der Waals surface area contributed by atoms with E-state index in [9.17, 15) is 34.4 Å².